The van der Waals surface area contributed by atoms with Crippen LogP contribution in [-0.2, 0) is 6.54 Å². The van der Waals surface area contributed by atoms with Crippen molar-refractivity contribution in [2.24, 2.45) is 11.7 Å². The highest BCUT2D eigenvalue weighted by Crippen LogP contribution is 2.39. The Labute approximate surface area is 122 Å². The minimum atomic E-state index is 0.232. The van der Waals surface area contributed by atoms with E-state index in [0.29, 0.717) is 5.92 Å². The first-order valence-electron chi connectivity index (χ1n) is 7.17. The predicted octanol–water partition coefficient (Wildman–Crippen LogP) is 4.16. The van der Waals surface area contributed by atoms with Crippen LogP contribution in [-0.4, -0.2) is 4.57 Å². The number of nitrogens with two attached hydrogens (primary N) is 1. The van der Waals surface area contributed by atoms with Crippen molar-refractivity contribution in [1.29, 1.82) is 0 Å². The van der Waals surface area contributed by atoms with E-state index in [1.165, 1.54) is 34.1 Å². The molecule has 0 saturated heterocycles. The van der Waals surface area contributed by atoms with Crippen molar-refractivity contribution < 1.29 is 0 Å². The average Bonchev–Trinajstić information content (AvgIpc) is 3.10. The van der Waals surface area contributed by atoms with E-state index in [-0.39, 0.29) is 6.04 Å². The van der Waals surface area contributed by atoms with Crippen LogP contribution in [0.5, 0.6) is 0 Å². The van der Waals surface area contributed by atoms with Gasteiger partial charge in [0.2, 0.25) is 0 Å². The van der Waals surface area contributed by atoms with Gasteiger partial charge in [-0.05, 0) is 52.8 Å². The summed E-state index contributed by atoms with van der Waals surface area (Å²) < 4.78 is 3.62. The van der Waals surface area contributed by atoms with Crippen LogP contribution in [0.1, 0.15) is 30.0 Å². The van der Waals surface area contributed by atoms with E-state index in [0.717, 1.165) is 6.54 Å². The Morgan fingerprint density at radius 2 is 2.10 bits per heavy atom. The van der Waals surface area contributed by atoms with Gasteiger partial charge in [0.05, 0.1) is 0 Å². The normalized spacial score (nSPS) is 16.6. The summed E-state index contributed by atoms with van der Waals surface area (Å²) in [5.41, 5.74) is 8.95. The zero-order valence-corrected chi connectivity index (χ0v) is 12.1. The minimum absolute atomic E-state index is 0.232. The zero-order chi connectivity index (χ0) is 13.5. The first kappa shape index (κ1) is 12.2. The van der Waals surface area contributed by atoms with E-state index in [4.69, 9.17) is 5.73 Å². The third kappa shape index (κ3) is 2.17. The molecule has 0 aliphatic heterocycles. The fourth-order valence-electron chi connectivity index (χ4n) is 2.83. The van der Waals surface area contributed by atoms with Gasteiger partial charge in [-0.25, -0.2) is 0 Å². The highest BCUT2D eigenvalue weighted by atomic mass is 32.1. The summed E-state index contributed by atoms with van der Waals surface area (Å²) in [5, 5.41) is 3.64. The summed E-state index contributed by atoms with van der Waals surface area (Å²) in [5.74, 6) is 0.716. The maximum atomic E-state index is 6.27. The van der Waals surface area contributed by atoms with E-state index in [1.54, 1.807) is 0 Å². The van der Waals surface area contributed by atoms with Crippen molar-refractivity contribution in [2.45, 2.75) is 25.4 Å². The Hall–Kier alpha value is -1.58. The second-order valence-electron chi connectivity index (χ2n) is 5.74. The molecule has 1 aliphatic rings. The lowest BCUT2D eigenvalue weighted by atomic mass is 10.1. The topological polar surface area (TPSA) is 30.9 Å². The first-order valence-corrected chi connectivity index (χ1v) is 8.05. The number of thiophene rings is 1. The summed E-state index contributed by atoms with van der Waals surface area (Å²) in [4.78, 5) is 0. The SMILES string of the molecule is NC(c1ccn(Cc2csc3ccccc23)c1)C1CC1. The molecule has 1 fully saturated rings. The van der Waals surface area contributed by atoms with Crippen LogP contribution in [0, 0.1) is 5.92 Å². The van der Waals surface area contributed by atoms with Gasteiger partial charge < -0.3 is 10.3 Å². The molecule has 1 unspecified atom stereocenters. The van der Waals surface area contributed by atoms with Gasteiger partial charge in [-0.1, -0.05) is 18.2 Å². The largest absolute Gasteiger partial charge is 0.350 e. The van der Waals surface area contributed by atoms with Crippen LogP contribution in [0.4, 0.5) is 0 Å². The van der Waals surface area contributed by atoms with Gasteiger partial charge in [0, 0.05) is 29.7 Å². The third-order valence-electron chi connectivity index (χ3n) is 4.20. The van der Waals surface area contributed by atoms with Crippen molar-refractivity contribution in [3.05, 3.63) is 59.2 Å². The molecule has 1 aromatic carbocycles. The maximum Gasteiger partial charge on any atom is 0.0484 e. The molecule has 0 amide bonds. The number of rotatable bonds is 4. The Bertz CT molecular complexity index is 736. The smallest absolute Gasteiger partial charge is 0.0484 e. The second-order valence-corrected chi connectivity index (χ2v) is 6.65. The Morgan fingerprint density at radius 3 is 2.95 bits per heavy atom. The van der Waals surface area contributed by atoms with E-state index in [2.05, 4.69) is 52.7 Å². The number of nitrogens with zero attached hydrogens (tertiary/aromatic N) is 1. The number of fused-ring (bicyclic) bond motifs is 1. The lowest BCUT2D eigenvalue weighted by Gasteiger charge is -2.07. The second kappa shape index (κ2) is 4.76. The van der Waals surface area contributed by atoms with Crippen molar-refractivity contribution in [1.82, 2.24) is 4.57 Å². The van der Waals surface area contributed by atoms with E-state index < -0.39 is 0 Å². The van der Waals surface area contributed by atoms with Crippen molar-refractivity contribution in [3.63, 3.8) is 0 Å². The maximum absolute atomic E-state index is 6.27. The molecule has 2 heterocycles. The number of hydrogen-bond acceptors (Lipinski definition) is 2. The summed E-state index contributed by atoms with van der Waals surface area (Å²) in [6.07, 6.45) is 6.96. The van der Waals surface area contributed by atoms with Gasteiger partial charge in [0.15, 0.2) is 0 Å². The molecule has 2 aromatic heterocycles. The molecular weight excluding hydrogens is 264 g/mol. The fraction of sp³-hybridized carbons (Fsp3) is 0.294. The zero-order valence-electron chi connectivity index (χ0n) is 11.3. The van der Waals surface area contributed by atoms with Crippen LogP contribution < -0.4 is 5.73 Å². The van der Waals surface area contributed by atoms with Gasteiger partial charge in [-0.2, -0.15) is 0 Å². The lowest BCUT2D eigenvalue weighted by molar-refractivity contribution is 0.631. The molecule has 1 saturated carbocycles. The molecule has 3 heteroatoms. The molecule has 0 spiro atoms. The summed E-state index contributed by atoms with van der Waals surface area (Å²) >= 11 is 1.82. The Kier molecular flexibility index (Phi) is 2.90. The minimum Gasteiger partial charge on any atom is -0.350 e. The number of benzene rings is 1. The summed E-state index contributed by atoms with van der Waals surface area (Å²) in [6, 6.07) is 11.0. The van der Waals surface area contributed by atoms with E-state index in [1.807, 2.05) is 11.3 Å². The molecular formula is C17H18N2S. The van der Waals surface area contributed by atoms with Gasteiger partial charge in [0.25, 0.3) is 0 Å². The monoisotopic (exact) mass is 282 g/mol. The molecule has 2 nitrogen and oxygen atoms in total. The predicted molar refractivity (Wildman–Crippen MR) is 85.0 cm³/mol. The molecule has 4 rings (SSSR count). The summed E-state index contributed by atoms with van der Waals surface area (Å²) in [7, 11) is 0. The third-order valence-corrected chi connectivity index (χ3v) is 5.21. The van der Waals surface area contributed by atoms with Crippen LogP contribution in [0.25, 0.3) is 10.1 Å². The summed E-state index contributed by atoms with van der Waals surface area (Å²) in [6.45, 7) is 0.932. The molecule has 2 N–H and O–H groups in total. The number of aromatic nitrogens is 1. The molecule has 0 radical (unpaired) electrons. The highest BCUT2D eigenvalue weighted by Gasteiger charge is 2.29. The molecule has 0 bridgehead atoms. The molecule has 1 aliphatic carbocycles. The first-order chi connectivity index (χ1) is 9.81. The van der Waals surface area contributed by atoms with Crippen LogP contribution in [0.2, 0.25) is 0 Å². The lowest BCUT2D eigenvalue weighted by Crippen LogP contribution is -2.11. The van der Waals surface area contributed by atoms with E-state index >= 15 is 0 Å². The molecule has 102 valence electrons. The van der Waals surface area contributed by atoms with E-state index in [9.17, 15) is 0 Å². The fourth-order valence-corrected chi connectivity index (χ4v) is 3.79. The highest BCUT2D eigenvalue weighted by molar-refractivity contribution is 7.17. The molecule has 3 aromatic rings. The molecule has 1 atom stereocenters. The Morgan fingerprint density at radius 1 is 1.25 bits per heavy atom. The number of hydrogen-bond donors (Lipinski definition) is 1. The van der Waals surface area contributed by atoms with Gasteiger partial charge in [-0.15, -0.1) is 11.3 Å². The van der Waals surface area contributed by atoms with Crippen molar-refractivity contribution in [3.8, 4) is 0 Å². The van der Waals surface area contributed by atoms with Crippen LogP contribution in [0.3, 0.4) is 0 Å². The van der Waals surface area contributed by atoms with Gasteiger partial charge >= 0.3 is 0 Å². The van der Waals surface area contributed by atoms with Gasteiger partial charge in [-0.3, -0.25) is 0 Å². The average molecular weight is 282 g/mol. The van der Waals surface area contributed by atoms with Crippen molar-refractivity contribution in [2.75, 3.05) is 0 Å². The quantitative estimate of drug-likeness (QED) is 0.765. The Balaban J connectivity index is 1.59. The molecule has 20 heavy (non-hydrogen) atoms. The van der Waals surface area contributed by atoms with Crippen LogP contribution >= 0.6 is 11.3 Å². The standard InChI is InChI=1S/C17H18N2S/c18-17(12-5-6-12)13-7-8-19(9-13)10-14-11-20-16-4-2-1-3-15(14)16/h1-4,7-9,11-12,17H,5-6,10,18H2. The van der Waals surface area contributed by atoms with Crippen molar-refractivity contribution >= 4 is 21.4 Å². The van der Waals surface area contributed by atoms with Gasteiger partial charge in [0.1, 0.15) is 0 Å². The van der Waals surface area contributed by atoms with Crippen LogP contribution in [0.15, 0.2) is 48.1 Å².